The molecule has 4 heteroatoms. The summed E-state index contributed by atoms with van der Waals surface area (Å²) in [5, 5.41) is 5.56. The fourth-order valence-corrected chi connectivity index (χ4v) is 3.31. The van der Waals surface area contributed by atoms with Crippen LogP contribution in [0.3, 0.4) is 0 Å². The maximum absolute atomic E-state index is 5.88. The SMILES string of the molecule is CCCNC(C)c1cccc(OCc2sccc2Br)c1. The van der Waals surface area contributed by atoms with Gasteiger partial charge in [-0.2, -0.15) is 0 Å². The normalized spacial score (nSPS) is 12.3. The molecule has 0 saturated heterocycles. The smallest absolute Gasteiger partial charge is 0.124 e. The zero-order valence-electron chi connectivity index (χ0n) is 11.9. The first-order chi connectivity index (χ1) is 9.70. The van der Waals surface area contributed by atoms with Gasteiger partial charge in [-0.25, -0.2) is 0 Å². The number of halogens is 1. The highest BCUT2D eigenvalue weighted by Gasteiger charge is 2.06. The van der Waals surface area contributed by atoms with Gasteiger partial charge in [0.2, 0.25) is 0 Å². The van der Waals surface area contributed by atoms with Crippen LogP contribution in [0, 0.1) is 0 Å². The van der Waals surface area contributed by atoms with Gasteiger partial charge in [0.05, 0.1) is 4.88 Å². The lowest BCUT2D eigenvalue weighted by Crippen LogP contribution is -2.19. The van der Waals surface area contributed by atoms with E-state index in [0.29, 0.717) is 12.6 Å². The Kier molecular flexibility index (Phi) is 6.07. The van der Waals surface area contributed by atoms with Gasteiger partial charge in [-0.05, 0) is 65.0 Å². The monoisotopic (exact) mass is 353 g/mol. The van der Waals surface area contributed by atoms with Crippen molar-refractivity contribution in [3.8, 4) is 5.75 Å². The van der Waals surface area contributed by atoms with Gasteiger partial charge in [0.15, 0.2) is 0 Å². The molecule has 0 bridgehead atoms. The second-order valence-electron chi connectivity index (χ2n) is 4.73. The van der Waals surface area contributed by atoms with Gasteiger partial charge >= 0.3 is 0 Å². The molecular formula is C16H20BrNOS. The summed E-state index contributed by atoms with van der Waals surface area (Å²) in [6.45, 7) is 6.01. The lowest BCUT2D eigenvalue weighted by molar-refractivity contribution is 0.308. The third kappa shape index (κ3) is 4.33. The van der Waals surface area contributed by atoms with E-state index in [4.69, 9.17) is 4.74 Å². The van der Waals surface area contributed by atoms with Gasteiger partial charge in [-0.1, -0.05) is 19.1 Å². The zero-order chi connectivity index (χ0) is 14.4. The van der Waals surface area contributed by atoms with Crippen molar-refractivity contribution in [3.05, 3.63) is 50.6 Å². The fourth-order valence-electron chi connectivity index (χ4n) is 1.93. The highest BCUT2D eigenvalue weighted by atomic mass is 79.9. The standard InChI is InChI=1S/C16H20BrNOS/c1-3-8-18-12(2)13-5-4-6-14(10-13)19-11-16-15(17)7-9-20-16/h4-7,9-10,12,18H,3,8,11H2,1-2H3. The third-order valence-electron chi connectivity index (χ3n) is 3.12. The highest BCUT2D eigenvalue weighted by Crippen LogP contribution is 2.25. The molecule has 0 aliphatic heterocycles. The van der Waals surface area contributed by atoms with Gasteiger partial charge in [-0.15, -0.1) is 11.3 Å². The summed E-state index contributed by atoms with van der Waals surface area (Å²) in [6, 6.07) is 10.7. The van der Waals surface area contributed by atoms with Crippen LogP contribution in [0.15, 0.2) is 40.2 Å². The van der Waals surface area contributed by atoms with Crippen molar-refractivity contribution < 1.29 is 4.74 Å². The summed E-state index contributed by atoms with van der Waals surface area (Å²) in [6.07, 6.45) is 1.15. The second kappa shape index (κ2) is 7.81. The summed E-state index contributed by atoms with van der Waals surface area (Å²) >= 11 is 5.23. The Bertz CT molecular complexity index is 541. The van der Waals surface area contributed by atoms with Crippen LogP contribution in [0.25, 0.3) is 0 Å². The van der Waals surface area contributed by atoms with Crippen molar-refractivity contribution in [2.45, 2.75) is 32.9 Å². The number of thiophene rings is 1. The van der Waals surface area contributed by atoms with E-state index >= 15 is 0 Å². The van der Waals surface area contributed by atoms with Crippen LogP contribution in [0.4, 0.5) is 0 Å². The van der Waals surface area contributed by atoms with E-state index in [1.165, 1.54) is 10.4 Å². The number of ether oxygens (including phenoxy) is 1. The summed E-state index contributed by atoms with van der Waals surface area (Å²) in [4.78, 5) is 1.22. The molecule has 2 nitrogen and oxygen atoms in total. The Morgan fingerprint density at radius 1 is 1.35 bits per heavy atom. The molecule has 1 heterocycles. The van der Waals surface area contributed by atoms with Crippen molar-refractivity contribution in [1.82, 2.24) is 5.32 Å². The molecular weight excluding hydrogens is 334 g/mol. The summed E-state index contributed by atoms with van der Waals surface area (Å²) in [5.74, 6) is 0.924. The highest BCUT2D eigenvalue weighted by molar-refractivity contribution is 9.10. The molecule has 0 spiro atoms. The van der Waals surface area contributed by atoms with Crippen molar-refractivity contribution in [2.24, 2.45) is 0 Å². The number of rotatable bonds is 7. The quantitative estimate of drug-likeness (QED) is 0.742. The first-order valence-corrected chi connectivity index (χ1v) is 8.56. The maximum Gasteiger partial charge on any atom is 0.124 e. The predicted octanol–water partition coefficient (Wildman–Crippen LogP) is 5.15. The average molecular weight is 354 g/mol. The van der Waals surface area contributed by atoms with Crippen molar-refractivity contribution in [1.29, 1.82) is 0 Å². The molecule has 108 valence electrons. The van der Waals surface area contributed by atoms with Crippen LogP contribution < -0.4 is 10.1 Å². The summed E-state index contributed by atoms with van der Waals surface area (Å²) in [5.41, 5.74) is 1.26. The number of hydrogen-bond acceptors (Lipinski definition) is 3. The van der Waals surface area contributed by atoms with Crippen LogP contribution in [0.5, 0.6) is 5.75 Å². The third-order valence-corrected chi connectivity index (χ3v) is 5.02. The lowest BCUT2D eigenvalue weighted by Gasteiger charge is -2.15. The number of nitrogens with one attached hydrogen (secondary N) is 1. The van der Waals surface area contributed by atoms with Gasteiger partial charge in [0.25, 0.3) is 0 Å². The van der Waals surface area contributed by atoms with Gasteiger partial charge in [0.1, 0.15) is 12.4 Å². The van der Waals surface area contributed by atoms with Crippen LogP contribution >= 0.6 is 27.3 Å². The largest absolute Gasteiger partial charge is 0.488 e. The molecule has 0 fully saturated rings. The molecule has 0 aliphatic rings. The van der Waals surface area contributed by atoms with Crippen molar-refractivity contribution >= 4 is 27.3 Å². The van der Waals surface area contributed by atoms with E-state index in [9.17, 15) is 0 Å². The Hall–Kier alpha value is -0.840. The van der Waals surface area contributed by atoms with E-state index in [2.05, 4.69) is 64.7 Å². The molecule has 0 aliphatic carbocycles. The van der Waals surface area contributed by atoms with Crippen LogP contribution in [0.2, 0.25) is 0 Å². The molecule has 0 saturated carbocycles. The Balaban J connectivity index is 1.97. The van der Waals surface area contributed by atoms with E-state index in [0.717, 1.165) is 23.2 Å². The van der Waals surface area contributed by atoms with Crippen molar-refractivity contribution in [3.63, 3.8) is 0 Å². The lowest BCUT2D eigenvalue weighted by atomic mass is 10.1. The molecule has 1 unspecified atom stereocenters. The van der Waals surface area contributed by atoms with E-state index < -0.39 is 0 Å². The van der Waals surface area contributed by atoms with Crippen LogP contribution in [-0.4, -0.2) is 6.54 Å². The Morgan fingerprint density at radius 2 is 2.20 bits per heavy atom. The first kappa shape index (κ1) is 15.5. The number of hydrogen-bond donors (Lipinski definition) is 1. The molecule has 20 heavy (non-hydrogen) atoms. The minimum atomic E-state index is 0.354. The number of benzene rings is 1. The second-order valence-corrected chi connectivity index (χ2v) is 6.58. The van der Waals surface area contributed by atoms with E-state index in [1.54, 1.807) is 11.3 Å². The topological polar surface area (TPSA) is 21.3 Å². The Morgan fingerprint density at radius 3 is 2.90 bits per heavy atom. The van der Waals surface area contributed by atoms with Crippen LogP contribution in [0.1, 0.15) is 36.8 Å². The molecule has 2 aromatic rings. The molecule has 0 amide bonds. The average Bonchev–Trinajstić information content (AvgIpc) is 2.88. The van der Waals surface area contributed by atoms with E-state index in [-0.39, 0.29) is 0 Å². The molecule has 1 N–H and O–H groups in total. The molecule has 1 aromatic heterocycles. The summed E-state index contributed by atoms with van der Waals surface area (Å²) < 4.78 is 7.00. The fraction of sp³-hybridized carbons (Fsp3) is 0.375. The minimum Gasteiger partial charge on any atom is -0.488 e. The molecule has 1 aromatic carbocycles. The predicted molar refractivity (Wildman–Crippen MR) is 89.5 cm³/mol. The van der Waals surface area contributed by atoms with Gasteiger partial charge in [0, 0.05) is 10.5 Å². The Labute approximate surface area is 133 Å². The maximum atomic E-state index is 5.88. The first-order valence-electron chi connectivity index (χ1n) is 6.88. The van der Waals surface area contributed by atoms with Crippen LogP contribution in [-0.2, 0) is 6.61 Å². The van der Waals surface area contributed by atoms with Gasteiger partial charge in [-0.3, -0.25) is 0 Å². The van der Waals surface area contributed by atoms with Gasteiger partial charge < -0.3 is 10.1 Å². The minimum absolute atomic E-state index is 0.354. The summed E-state index contributed by atoms with van der Waals surface area (Å²) in [7, 11) is 0. The molecule has 0 radical (unpaired) electrons. The van der Waals surface area contributed by atoms with Crippen molar-refractivity contribution in [2.75, 3.05) is 6.54 Å². The zero-order valence-corrected chi connectivity index (χ0v) is 14.3. The molecule has 2 rings (SSSR count). The molecule has 1 atom stereocenters. The van der Waals surface area contributed by atoms with E-state index in [1.807, 2.05) is 6.07 Å².